The number of methoxy groups -OCH3 is 2. The van der Waals surface area contributed by atoms with E-state index >= 15 is 0 Å². The predicted octanol–water partition coefficient (Wildman–Crippen LogP) is 4.09. The third kappa shape index (κ3) is 3.70. The van der Waals surface area contributed by atoms with Crippen molar-refractivity contribution in [2.75, 3.05) is 20.8 Å². The molecule has 9 heteroatoms. The first-order valence-electron chi connectivity index (χ1n) is 8.76. The van der Waals surface area contributed by atoms with Crippen molar-refractivity contribution in [2.45, 2.75) is 26.2 Å². The topological polar surface area (TPSA) is 100 Å². The van der Waals surface area contributed by atoms with Gasteiger partial charge in [-0.25, -0.2) is 9.79 Å². The summed E-state index contributed by atoms with van der Waals surface area (Å²) in [5, 5.41) is 12.0. The fourth-order valence-electron chi connectivity index (χ4n) is 3.17. The van der Waals surface area contributed by atoms with E-state index in [0.717, 1.165) is 29.7 Å². The van der Waals surface area contributed by atoms with Crippen LogP contribution in [-0.4, -0.2) is 37.9 Å². The van der Waals surface area contributed by atoms with E-state index in [4.69, 9.17) is 14.2 Å². The number of benzene rings is 1. The largest absolute Gasteiger partial charge is 0.493 e. The molecule has 2 aromatic rings. The van der Waals surface area contributed by atoms with Gasteiger partial charge in [-0.15, -0.1) is 11.3 Å². The zero-order valence-corrected chi connectivity index (χ0v) is 16.6. The number of nitrogens with zero attached hydrogens (tertiary/aromatic N) is 2. The highest BCUT2D eigenvalue weighted by molar-refractivity contribution is 7.16. The predicted molar refractivity (Wildman–Crippen MR) is 106 cm³/mol. The smallest absolute Gasteiger partial charge is 0.341 e. The Hall–Kier alpha value is -2.94. The standard InChI is InChI=1S/C19H20N2O6S/c1-4-27-19(22)17-12-6-5-7-16(12)28-18(17)20-10-11-8-14(25-2)15(26-3)9-13(11)21(23)24/h8-10H,4-7H2,1-3H3. The monoisotopic (exact) mass is 404 g/mol. The Morgan fingerprint density at radius 2 is 2.00 bits per heavy atom. The number of thiophene rings is 1. The minimum atomic E-state index is -0.510. The van der Waals surface area contributed by atoms with Gasteiger partial charge in [-0.3, -0.25) is 10.1 Å². The number of carbonyl (C=O) groups excluding carboxylic acids is 1. The second kappa shape index (κ2) is 8.39. The van der Waals surface area contributed by atoms with E-state index in [1.165, 1.54) is 43.9 Å². The number of nitro groups is 1. The Bertz CT molecular complexity index is 950. The number of aryl methyl sites for hydroxylation is 1. The highest BCUT2D eigenvalue weighted by atomic mass is 32.1. The zero-order chi connectivity index (χ0) is 20.3. The Balaban J connectivity index is 2.05. The number of ether oxygens (including phenoxy) is 3. The van der Waals surface area contributed by atoms with Crippen molar-refractivity contribution in [1.29, 1.82) is 0 Å². The number of hydrogen-bond donors (Lipinski definition) is 0. The molecule has 0 bridgehead atoms. The summed E-state index contributed by atoms with van der Waals surface area (Å²) < 4.78 is 15.5. The summed E-state index contributed by atoms with van der Waals surface area (Å²) in [5.74, 6) is 0.207. The van der Waals surface area contributed by atoms with Crippen LogP contribution in [0.1, 0.15) is 39.7 Å². The summed E-state index contributed by atoms with van der Waals surface area (Å²) in [6.07, 6.45) is 4.09. The summed E-state index contributed by atoms with van der Waals surface area (Å²) in [4.78, 5) is 28.9. The van der Waals surface area contributed by atoms with Crippen LogP contribution in [0.2, 0.25) is 0 Å². The lowest BCUT2D eigenvalue weighted by Crippen LogP contribution is -2.06. The van der Waals surface area contributed by atoms with E-state index in [9.17, 15) is 14.9 Å². The highest BCUT2D eigenvalue weighted by Gasteiger charge is 2.27. The number of aliphatic imine (C=N–C) groups is 1. The number of carbonyl (C=O) groups is 1. The van der Waals surface area contributed by atoms with Gasteiger partial charge >= 0.3 is 5.97 Å². The lowest BCUT2D eigenvalue weighted by Gasteiger charge is -2.08. The minimum Gasteiger partial charge on any atom is -0.493 e. The normalized spacial score (nSPS) is 12.8. The van der Waals surface area contributed by atoms with Gasteiger partial charge in [0.1, 0.15) is 5.00 Å². The van der Waals surface area contributed by atoms with E-state index in [0.29, 0.717) is 16.3 Å². The Labute approximate surface area is 165 Å². The van der Waals surface area contributed by atoms with Crippen LogP contribution in [0.25, 0.3) is 0 Å². The Morgan fingerprint density at radius 3 is 2.64 bits per heavy atom. The molecule has 0 spiro atoms. The lowest BCUT2D eigenvalue weighted by atomic mass is 10.1. The molecule has 0 amide bonds. The van der Waals surface area contributed by atoms with E-state index in [1.54, 1.807) is 6.92 Å². The average Bonchev–Trinajstić information content (AvgIpc) is 3.26. The van der Waals surface area contributed by atoms with Crippen molar-refractivity contribution in [1.82, 2.24) is 0 Å². The Kier molecular flexibility index (Phi) is 5.93. The van der Waals surface area contributed by atoms with Crippen LogP contribution in [0.4, 0.5) is 10.7 Å². The van der Waals surface area contributed by atoms with Crippen molar-refractivity contribution < 1.29 is 23.9 Å². The average molecular weight is 404 g/mol. The molecule has 0 saturated heterocycles. The zero-order valence-electron chi connectivity index (χ0n) is 15.8. The van der Waals surface area contributed by atoms with Gasteiger partial charge in [0.05, 0.1) is 42.9 Å². The molecule has 1 aromatic heterocycles. The van der Waals surface area contributed by atoms with Crippen LogP contribution in [0.5, 0.6) is 11.5 Å². The molecule has 1 heterocycles. The maximum atomic E-state index is 12.4. The van der Waals surface area contributed by atoms with E-state index in [2.05, 4.69) is 4.99 Å². The molecule has 1 aromatic carbocycles. The molecule has 0 N–H and O–H groups in total. The van der Waals surface area contributed by atoms with Gasteiger partial charge in [0, 0.05) is 11.1 Å². The Morgan fingerprint density at radius 1 is 1.29 bits per heavy atom. The number of fused-ring (bicyclic) bond motifs is 1. The van der Waals surface area contributed by atoms with Crippen LogP contribution in [0.15, 0.2) is 17.1 Å². The first kappa shape index (κ1) is 19.8. The summed E-state index contributed by atoms with van der Waals surface area (Å²) in [7, 11) is 2.86. The quantitative estimate of drug-likeness (QED) is 0.298. The maximum absolute atomic E-state index is 12.4. The van der Waals surface area contributed by atoms with Gasteiger partial charge in [-0.1, -0.05) is 0 Å². The summed E-state index contributed by atoms with van der Waals surface area (Å²) in [6.45, 7) is 2.02. The van der Waals surface area contributed by atoms with Crippen LogP contribution in [0.3, 0.4) is 0 Å². The van der Waals surface area contributed by atoms with E-state index in [-0.39, 0.29) is 23.6 Å². The fourth-order valence-corrected chi connectivity index (χ4v) is 4.39. The first-order valence-corrected chi connectivity index (χ1v) is 9.57. The number of rotatable bonds is 7. The third-order valence-electron chi connectivity index (χ3n) is 4.43. The summed E-state index contributed by atoms with van der Waals surface area (Å²) in [5.41, 5.74) is 1.55. The number of esters is 1. The minimum absolute atomic E-state index is 0.164. The highest BCUT2D eigenvalue weighted by Crippen LogP contribution is 2.41. The van der Waals surface area contributed by atoms with E-state index in [1.807, 2.05) is 0 Å². The number of nitro benzene ring substituents is 1. The first-order chi connectivity index (χ1) is 13.5. The van der Waals surface area contributed by atoms with Crippen molar-refractivity contribution in [2.24, 2.45) is 4.99 Å². The van der Waals surface area contributed by atoms with Gasteiger partial charge in [0.2, 0.25) is 0 Å². The number of hydrogen-bond acceptors (Lipinski definition) is 8. The third-order valence-corrected chi connectivity index (χ3v) is 5.63. The molecule has 0 unspecified atom stereocenters. The van der Waals surface area contributed by atoms with Crippen LogP contribution in [-0.2, 0) is 17.6 Å². The van der Waals surface area contributed by atoms with Crippen LogP contribution < -0.4 is 9.47 Å². The van der Waals surface area contributed by atoms with Crippen molar-refractivity contribution >= 4 is 34.2 Å². The van der Waals surface area contributed by atoms with Crippen molar-refractivity contribution in [3.05, 3.63) is 43.8 Å². The summed E-state index contributed by atoms with van der Waals surface area (Å²) in [6, 6.07) is 2.78. The molecular formula is C19H20N2O6S. The van der Waals surface area contributed by atoms with Gasteiger partial charge in [0.15, 0.2) is 11.5 Å². The van der Waals surface area contributed by atoms with Crippen molar-refractivity contribution in [3.8, 4) is 11.5 Å². The lowest BCUT2D eigenvalue weighted by molar-refractivity contribution is -0.385. The molecule has 3 rings (SSSR count). The molecule has 8 nitrogen and oxygen atoms in total. The van der Waals surface area contributed by atoms with Gasteiger partial charge in [-0.05, 0) is 37.8 Å². The molecule has 148 valence electrons. The molecule has 1 aliphatic carbocycles. The van der Waals surface area contributed by atoms with Gasteiger partial charge in [0.25, 0.3) is 5.69 Å². The molecular weight excluding hydrogens is 384 g/mol. The van der Waals surface area contributed by atoms with E-state index < -0.39 is 10.9 Å². The molecule has 28 heavy (non-hydrogen) atoms. The van der Waals surface area contributed by atoms with Crippen LogP contribution in [0, 0.1) is 10.1 Å². The molecule has 0 radical (unpaired) electrons. The molecule has 0 atom stereocenters. The molecule has 1 aliphatic rings. The maximum Gasteiger partial charge on any atom is 0.341 e. The molecule has 0 saturated carbocycles. The second-order valence-electron chi connectivity index (χ2n) is 6.04. The second-order valence-corrected chi connectivity index (χ2v) is 7.12. The van der Waals surface area contributed by atoms with Crippen LogP contribution >= 0.6 is 11.3 Å². The fraction of sp³-hybridized carbons (Fsp3) is 0.368. The SMILES string of the molecule is CCOC(=O)c1c(N=Cc2cc(OC)c(OC)cc2[N+](=O)[O-])sc2c1CCC2. The van der Waals surface area contributed by atoms with Gasteiger partial charge in [-0.2, -0.15) is 0 Å². The summed E-state index contributed by atoms with van der Waals surface area (Å²) >= 11 is 1.43. The van der Waals surface area contributed by atoms with Gasteiger partial charge < -0.3 is 14.2 Å². The van der Waals surface area contributed by atoms with Crippen molar-refractivity contribution in [3.63, 3.8) is 0 Å². The molecule has 0 fully saturated rings. The molecule has 0 aliphatic heterocycles.